The van der Waals surface area contributed by atoms with Crippen LogP contribution in [0.4, 0.5) is 4.39 Å². The Morgan fingerprint density at radius 2 is 1.84 bits per heavy atom. The van der Waals surface area contributed by atoms with Crippen molar-refractivity contribution in [1.29, 1.82) is 0 Å². The van der Waals surface area contributed by atoms with Crippen molar-refractivity contribution in [2.24, 2.45) is 5.10 Å². The molecule has 0 aliphatic rings. The van der Waals surface area contributed by atoms with Gasteiger partial charge in [-0.15, -0.1) is 0 Å². The van der Waals surface area contributed by atoms with Crippen LogP contribution in [-0.4, -0.2) is 12.1 Å². The van der Waals surface area contributed by atoms with Crippen LogP contribution in [0.15, 0.2) is 58.1 Å². The van der Waals surface area contributed by atoms with Gasteiger partial charge in [-0.25, -0.2) is 9.82 Å². The second-order valence-electron chi connectivity index (χ2n) is 3.73. The van der Waals surface area contributed by atoms with Gasteiger partial charge in [-0.3, -0.25) is 4.79 Å². The van der Waals surface area contributed by atoms with E-state index in [1.165, 1.54) is 12.3 Å². The summed E-state index contributed by atoms with van der Waals surface area (Å²) in [6.45, 7) is 0. The summed E-state index contributed by atoms with van der Waals surface area (Å²) in [6, 6.07) is 13.0. The van der Waals surface area contributed by atoms with E-state index < -0.39 is 0 Å². The predicted octanol–water partition coefficient (Wildman–Crippen LogP) is 3.35. The SMILES string of the molecule is O=C(N/N=C/c1ccccc1F)c1ccc(Br)cc1. The number of nitrogens with one attached hydrogen (secondary N) is 1. The zero-order valence-corrected chi connectivity index (χ0v) is 11.4. The summed E-state index contributed by atoms with van der Waals surface area (Å²) >= 11 is 3.28. The Morgan fingerprint density at radius 1 is 1.16 bits per heavy atom. The monoisotopic (exact) mass is 320 g/mol. The van der Waals surface area contributed by atoms with E-state index in [0.717, 1.165) is 4.47 Å². The number of benzene rings is 2. The van der Waals surface area contributed by atoms with Crippen LogP contribution in [0.3, 0.4) is 0 Å². The van der Waals surface area contributed by atoms with Gasteiger partial charge in [-0.2, -0.15) is 5.10 Å². The van der Waals surface area contributed by atoms with Gasteiger partial charge >= 0.3 is 0 Å². The quantitative estimate of drug-likeness (QED) is 0.684. The van der Waals surface area contributed by atoms with Gasteiger partial charge in [0, 0.05) is 15.6 Å². The second kappa shape index (κ2) is 6.24. The molecular formula is C14H10BrFN2O. The maximum absolute atomic E-state index is 13.3. The van der Waals surface area contributed by atoms with Crippen molar-refractivity contribution in [3.8, 4) is 0 Å². The highest BCUT2D eigenvalue weighted by atomic mass is 79.9. The molecule has 0 unspecified atom stereocenters. The first kappa shape index (κ1) is 13.4. The van der Waals surface area contributed by atoms with Gasteiger partial charge in [0.15, 0.2) is 0 Å². The summed E-state index contributed by atoms with van der Waals surface area (Å²) in [5, 5.41) is 3.72. The molecule has 0 fully saturated rings. The molecule has 0 saturated carbocycles. The molecule has 0 aliphatic heterocycles. The third kappa shape index (κ3) is 3.72. The number of hydrogen-bond donors (Lipinski definition) is 1. The molecule has 0 radical (unpaired) electrons. The molecule has 0 heterocycles. The summed E-state index contributed by atoms with van der Waals surface area (Å²) in [5.74, 6) is -0.732. The Bertz CT molecular complexity index is 611. The molecule has 1 N–H and O–H groups in total. The van der Waals surface area contributed by atoms with Crippen molar-refractivity contribution in [3.63, 3.8) is 0 Å². The van der Waals surface area contributed by atoms with E-state index in [1.54, 1.807) is 42.5 Å². The molecule has 0 saturated heterocycles. The number of hydrogen-bond acceptors (Lipinski definition) is 2. The molecule has 0 spiro atoms. The van der Waals surface area contributed by atoms with E-state index >= 15 is 0 Å². The van der Waals surface area contributed by atoms with Crippen LogP contribution in [0.2, 0.25) is 0 Å². The second-order valence-corrected chi connectivity index (χ2v) is 4.64. The zero-order valence-electron chi connectivity index (χ0n) is 9.81. The first-order valence-electron chi connectivity index (χ1n) is 5.50. The Kier molecular flexibility index (Phi) is 4.41. The van der Waals surface area contributed by atoms with Crippen LogP contribution in [-0.2, 0) is 0 Å². The van der Waals surface area contributed by atoms with Crippen LogP contribution in [0.1, 0.15) is 15.9 Å². The summed E-state index contributed by atoms with van der Waals surface area (Å²) in [6.07, 6.45) is 1.27. The van der Waals surface area contributed by atoms with Crippen LogP contribution >= 0.6 is 15.9 Å². The normalized spacial score (nSPS) is 10.6. The topological polar surface area (TPSA) is 41.5 Å². The number of nitrogens with zero attached hydrogens (tertiary/aromatic N) is 1. The minimum Gasteiger partial charge on any atom is -0.267 e. The lowest BCUT2D eigenvalue weighted by Crippen LogP contribution is -2.17. The lowest BCUT2D eigenvalue weighted by Gasteiger charge is -2.00. The molecule has 0 aliphatic carbocycles. The van der Waals surface area contributed by atoms with E-state index in [1.807, 2.05) is 0 Å². The van der Waals surface area contributed by atoms with E-state index in [4.69, 9.17) is 0 Å². The van der Waals surface area contributed by atoms with Gasteiger partial charge in [0.1, 0.15) is 5.82 Å². The van der Waals surface area contributed by atoms with Gasteiger partial charge < -0.3 is 0 Å². The van der Waals surface area contributed by atoms with Crippen LogP contribution < -0.4 is 5.43 Å². The van der Waals surface area contributed by atoms with Crippen LogP contribution in [0, 0.1) is 5.82 Å². The first-order chi connectivity index (χ1) is 9.16. The van der Waals surface area contributed by atoms with Crippen molar-refractivity contribution in [2.45, 2.75) is 0 Å². The predicted molar refractivity (Wildman–Crippen MR) is 75.6 cm³/mol. The number of hydrazone groups is 1. The number of rotatable bonds is 3. The zero-order chi connectivity index (χ0) is 13.7. The number of carbonyl (C=O) groups excluding carboxylic acids is 1. The highest BCUT2D eigenvalue weighted by molar-refractivity contribution is 9.10. The Morgan fingerprint density at radius 3 is 2.53 bits per heavy atom. The molecule has 3 nitrogen and oxygen atoms in total. The lowest BCUT2D eigenvalue weighted by molar-refractivity contribution is 0.0955. The van der Waals surface area contributed by atoms with E-state index in [9.17, 15) is 9.18 Å². The van der Waals surface area contributed by atoms with E-state index in [-0.39, 0.29) is 11.7 Å². The van der Waals surface area contributed by atoms with Crippen molar-refractivity contribution in [2.75, 3.05) is 0 Å². The molecule has 19 heavy (non-hydrogen) atoms. The molecule has 0 bridgehead atoms. The molecule has 0 aromatic heterocycles. The molecule has 2 rings (SSSR count). The largest absolute Gasteiger partial charge is 0.271 e. The lowest BCUT2D eigenvalue weighted by atomic mass is 10.2. The van der Waals surface area contributed by atoms with Crippen LogP contribution in [0.25, 0.3) is 0 Å². The van der Waals surface area contributed by atoms with Gasteiger partial charge in [-0.05, 0) is 30.3 Å². The van der Waals surface area contributed by atoms with Crippen molar-refractivity contribution < 1.29 is 9.18 Å². The van der Waals surface area contributed by atoms with Gasteiger partial charge in [0.2, 0.25) is 0 Å². The van der Waals surface area contributed by atoms with Gasteiger partial charge in [-0.1, -0.05) is 34.1 Å². The highest BCUT2D eigenvalue weighted by Crippen LogP contribution is 2.10. The Balaban J connectivity index is 2.01. The summed E-state index contributed by atoms with van der Waals surface area (Å²) in [7, 11) is 0. The van der Waals surface area contributed by atoms with Gasteiger partial charge in [0.05, 0.1) is 6.21 Å². The summed E-state index contributed by atoms with van der Waals surface area (Å²) in [5.41, 5.74) is 3.14. The fourth-order valence-corrected chi connectivity index (χ4v) is 1.67. The third-order valence-corrected chi connectivity index (χ3v) is 2.91. The Labute approximate surface area is 118 Å². The number of halogens is 2. The highest BCUT2D eigenvalue weighted by Gasteiger charge is 2.03. The Hall–Kier alpha value is -2.01. The molecule has 5 heteroatoms. The first-order valence-corrected chi connectivity index (χ1v) is 6.29. The summed E-state index contributed by atoms with van der Waals surface area (Å²) in [4.78, 5) is 11.7. The third-order valence-electron chi connectivity index (χ3n) is 2.38. The fourth-order valence-electron chi connectivity index (χ4n) is 1.41. The molecule has 1 amide bonds. The maximum atomic E-state index is 13.3. The minimum absolute atomic E-state index is 0.318. The average molecular weight is 321 g/mol. The average Bonchev–Trinajstić information content (AvgIpc) is 2.41. The molecule has 0 atom stereocenters. The standard InChI is InChI=1S/C14H10BrFN2O/c15-12-7-5-10(6-8-12)14(19)18-17-9-11-3-1-2-4-13(11)16/h1-9H,(H,18,19)/b17-9+. The molecule has 96 valence electrons. The van der Waals surface area contributed by atoms with Gasteiger partial charge in [0.25, 0.3) is 5.91 Å². The van der Waals surface area contributed by atoms with Crippen molar-refractivity contribution in [1.82, 2.24) is 5.43 Å². The maximum Gasteiger partial charge on any atom is 0.271 e. The fraction of sp³-hybridized carbons (Fsp3) is 0. The molecule has 2 aromatic carbocycles. The smallest absolute Gasteiger partial charge is 0.267 e. The van der Waals surface area contributed by atoms with E-state index in [0.29, 0.717) is 11.1 Å². The van der Waals surface area contributed by atoms with Crippen molar-refractivity contribution in [3.05, 3.63) is 69.9 Å². The summed E-state index contributed by atoms with van der Waals surface area (Å²) < 4.78 is 14.2. The van der Waals surface area contributed by atoms with Crippen LogP contribution in [0.5, 0.6) is 0 Å². The number of carbonyl (C=O) groups is 1. The van der Waals surface area contributed by atoms with Crippen molar-refractivity contribution >= 4 is 28.1 Å². The van der Waals surface area contributed by atoms with E-state index in [2.05, 4.69) is 26.5 Å². The molecular weight excluding hydrogens is 311 g/mol. The molecule has 2 aromatic rings. The number of amides is 1. The minimum atomic E-state index is -0.385.